The molecule has 18 heavy (non-hydrogen) atoms. The lowest BCUT2D eigenvalue weighted by atomic mass is 10.0. The first kappa shape index (κ1) is 14.5. The van der Waals surface area contributed by atoms with E-state index >= 15 is 0 Å². The quantitative estimate of drug-likeness (QED) is 0.876. The smallest absolute Gasteiger partial charge is 0.0589 e. The largest absolute Gasteiger partial charge is 0.383 e. The molecule has 0 bridgehead atoms. The van der Waals surface area contributed by atoms with Crippen molar-refractivity contribution in [3.63, 3.8) is 0 Å². The van der Waals surface area contributed by atoms with E-state index in [2.05, 4.69) is 55.0 Å². The van der Waals surface area contributed by atoms with E-state index in [1.807, 2.05) is 0 Å². The van der Waals surface area contributed by atoms with Crippen molar-refractivity contribution in [3.8, 4) is 0 Å². The van der Waals surface area contributed by atoms with Crippen molar-refractivity contribution in [2.45, 2.75) is 18.5 Å². The highest BCUT2D eigenvalue weighted by Gasteiger charge is 2.32. The Morgan fingerprint density at radius 2 is 2.17 bits per heavy atom. The maximum Gasteiger partial charge on any atom is 0.0589 e. The van der Waals surface area contributed by atoms with Gasteiger partial charge in [-0.05, 0) is 56.0 Å². The van der Waals surface area contributed by atoms with E-state index in [1.165, 1.54) is 5.56 Å². The minimum absolute atomic E-state index is 0.204. The molecular formula is C13H18Br2N2O. The first-order valence-electron chi connectivity index (χ1n) is 6.07. The topological polar surface area (TPSA) is 38.5 Å². The van der Waals surface area contributed by atoms with Gasteiger partial charge < -0.3 is 10.5 Å². The van der Waals surface area contributed by atoms with Crippen LogP contribution in [-0.4, -0.2) is 37.7 Å². The van der Waals surface area contributed by atoms with Gasteiger partial charge in [-0.3, -0.25) is 4.90 Å². The van der Waals surface area contributed by atoms with Gasteiger partial charge in [0.15, 0.2) is 0 Å². The van der Waals surface area contributed by atoms with E-state index < -0.39 is 0 Å². The summed E-state index contributed by atoms with van der Waals surface area (Å²) >= 11 is 7.05. The van der Waals surface area contributed by atoms with Gasteiger partial charge in [0.1, 0.15) is 0 Å². The molecule has 2 N–H and O–H groups in total. The molecule has 0 aromatic heterocycles. The lowest BCUT2D eigenvalue weighted by Gasteiger charge is -2.27. The van der Waals surface area contributed by atoms with Crippen molar-refractivity contribution < 1.29 is 4.74 Å². The van der Waals surface area contributed by atoms with Gasteiger partial charge in [-0.15, -0.1) is 0 Å². The molecule has 0 saturated carbocycles. The van der Waals surface area contributed by atoms with Crippen LogP contribution in [-0.2, 0) is 4.74 Å². The third-order valence-electron chi connectivity index (χ3n) is 3.42. The third kappa shape index (κ3) is 3.14. The highest BCUT2D eigenvalue weighted by molar-refractivity contribution is 9.13. The van der Waals surface area contributed by atoms with Crippen LogP contribution in [0.2, 0.25) is 0 Å². The van der Waals surface area contributed by atoms with Crippen LogP contribution in [0.25, 0.3) is 0 Å². The summed E-state index contributed by atoms with van der Waals surface area (Å²) in [5, 5.41) is 0. The van der Waals surface area contributed by atoms with Crippen molar-refractivity contribution in [1.82, 2.24) is 4.90 Å². The molecule has 1 saturated heterocycles. The van der Waals surface area contributed by atoms with E-state index in [1.54, 1.807) is 7.11 Å². The average Bonchev–Trinajstić information content (AvgIpc) is 2.71. The summed E-state index contributed by atoms with van der Waals surface area (Å²) in [4.78, 5) is 2.41. The zero-order valence-corrected chi connectivity index (χ0v) is 13.6. The number of methoxy groups -OCH3 is 1. The van der Waals surface area contributed by atoms with Gasteiger partial charge in [0, 0.05) is 35.2 Å². The molecule has 5 heteroatoms. The molecule has 1 aliphatic heterocycles. The maximum atomic E-state index is 6.25. The predicted molar refractivity (Wildman–Crippen MR) is 80.6 cm³/mol. The standard InChI is InChI=1S/C13H18Br2N2O/c1-18-7-6-17-5-4-12(16)13(17)9-2-3-10(14)11(15)8-9/h2-3,8,12-13H,4-7,16H2,1H3. The Kier molecular flexibility index (Phi) is 5.21. The van der Waals surface area contributed by atoms with Crippen LogP contribution in [0.5, 0.6) is 0 Å². The van der Waals surface area contributed by atoms with Crippen molar-refractivity contribution in [3.05, 3.63) is 32.7 Å². The number of benzene rings is 1. The zero-order chi connectivity index (χ0) is 13.1. The highest BCUT2D eigenvalue weighted by Crippen LogP contribution is 2.34. The summed E-state index contributed by atoms with van der Waals surface area (Å²) in [6.07, 6.45) is 1.04. The van der Waals surface area contributed by atoms with Crippen LogP contribution >= 0.6 is 31.9 Å². The van der Waals surface area contributed by atoms with Gasteiger partial charge in [-0.2, -0.15) is 0 Å². The molecule has 1 aromatic rings. The summed E-state index contributed by atoms with van der Waals surface area (Å²) in [6, 6.07) is 6.86. The number of halogens is 2. The number of likely N-dealkylation sites (tertiary alicyclic amines) is 1. The van der Waals surface area contributed by atoms with E-state index in [4.69, 9.17) is 10.5 Å². The SMILES string of the molecule is COCCN1CCC(N)C1c1ccc(Br)c(Br)c1. The van der Waals surface area contributed by atoms with E-state index in [-0.39, 0.29) is 6.04 Å². The fourth-order valence-electron chi connectivity index (χ4n) is 2.50. The Bertz CT molecular complexity index is 414. The van der Waals surface area contributed by atoms with E-state index in [9.17, 15) is 0 Å². The summed E-state index contributed by atoms with van der Waals surface area (Å²) in [5.41, 5.74) is 7.52. The fraction of sp³-hybridized carbons (Fsp3) is 0.538. The molecule has 1 aliphatic rings. The lowest BCUT2D eigenvalue weighted by Crippen LogP contribution is -2.33. The van der Waals surface area contributed by atoms with Crippen molar-refractivity contribution in [1.29, 1.82) is 0 Å². The van der Waals surface area contributed by atoms with Crippen LogP contribution in [0.1, 0.15) is 18.0 Å². The lowest BCUT2D eigenvalue weighted by molar-refractivity contribution is 0.139. The van der Waals surface area contributed by atoms with Crippen LogP contribution < -0.4 is 5.73 Å². The Balaban J connectivity index is 2.19. The molecule has 0 radical (unpaired) electrons. The minimum atomic E-state index is 0.204. The van der Waals surface area contributed by atoms with Gasteiger partial charge >= 0.3 is 0 Å². The molecule has 2 atom stereocenters. The van der Waals surface area contributed by atoms with Crippen molar-refractivity contribution in [2.24, 2.45) is 5.73 Å². The van der Waals surface area contributed by atoms with Crippen molar-refractivity contribution in [2.75, 3.05) is 26.8 Å². The molecule has 0 amide bonds. The highest BCUT2D eigenvalue weighted by atomic mass is 79.9. The molecule has 100 valence electrons. The second kappa shape index (κ2) is 6.48. The number of ether oxygens (including phenoxy) is 1. The number of nitrogens with two attached hydrogens (primary N) is 1. The molecule has 3 nitrogen and oxygen atoms in total. The zero-order valence-electron chi connectivity index (χ0n) is 10.4. The Morgan fingerprint density at radius 1 is 1.39 bits per heavy atom. The Labute approximate surface area is 125 Å². The van der Waals surface area contributed by atoms with Gasteiger partial charge in [0.25, 0.3) is 0 Å². The average molecular weight is 378 g/mol. The predicted octanol–water partition coefficient (Wildman–Crippen LogP) is 2.93. The van der Waals surface area contributed by atoms with Gasteiger partial charge in [-0.25, -0.2) is 0 Å². The fourth-order valence-corrected chi connectivity index (χ4v) is 3.14. The molecular weight excluding hydrogens is 360 g/mol. The summed E-state index contributed by atoms with van der Waals surface area (Å²) in [6.45, 7) is 2.73. The second-order valence-corrected chi connectivity index (χ2v) is 6.31. The summed E-state index contributed by atoms with van der Waals surface area (Å²) < 4.78 is 7.31. The number of rotatable bonds is 4. The normalized spacial score (nSPS) is 24.7. The van der Waals surface area contributed by atoms with Crippen molar-refractivity contribution >= 4 is 31.9 Å². The third-order valence-corrected chi connectivity index (χ3v) is 5.30. The van der Waals surface area contributed by atoms with Crippen LogP contribution in [0, 0.1) is 0 Å². The van der Waals surface area contributed by atoms with Crippen LogP contribution in [0.15, 0.2) is 27.1 Å². The number of nitrogens with zero attached hydrogens (tertiary/aromatic N) is 1. The Hall–Kier alpha value is 0.0600. The molecule has 1 fully saturated rings. The second-order valence-electron chi connectivity index (χ2n) is 4.60. The Morgan fingerprint density at radius 3 is 2.83 bits per heavy atom. The van der Waals surface area contributed by atoms with E-state index in [0.29, 0.717) is 6.04 Å². The molecule has 0 spiro atoms. The van der Waals surface area contributed by atoms with E-state index in [0.717, 1.165) is 35.1 Å². The molecule has 0 aliphatic carbocycles. The first-order chi connectivity index (χ1) is 8.63. The minimum Gasteiger partial charge on any atom is -0.383 e. The molecule has 2 rings (SSSR count). The monoisotopic (exact) mass is 376 g/mol. The van der Waals surface area contributed by atoms with Gasteiger partial charge in [0.05, 0.1) is 12.6 Å². The molecule has 1 heterocycles. The molecule has 2 unspecified atom stereocenters. The first-order valence-corrected chi connectivity index (χ1v) is 7.65. The van der Waals surface area contributed by atoms with Gasteiger partial charge in [-0.1, -0.05) is 6.07 Å². The van der Waals surface area contributed by atoms with Crippen LogP contribution in [0.4, 0.5) is 0 Å². The summed E-state index contributed by atoms with van der Waals surface area (Å²) in [5.74, 6) is 0. The van der Waals surface area contributed by atoms with Gasteiger partial charge in [0.2, 0.25) is 0 Å². The van der Waals surface area contributed by atoms with Crippen LogP contribution in [0.3, 0.4) is 0 Å². The maximum absolute atomic E-state index is 6.25. The molecule has 1 aromatic carbocycles. The number of hydrogen-bond acceptors (Lipinski definition) is 3. The number of hydrogen-bond donors (Lipinski definition) is 1. The summed E-state index contributed by atoms with van der Waals surface area (Å²) in [7, 11) is 1.74.